The Morgan fingerprint density at radius 2 is 1.86 bits per heavy atom. The van der Waals surface area contributed by atoms with Gasteiger partial charge in [0.25, 0.3) is 15.7 Å². The SMILES string of the molecule is COC(=O)CN(c1cccc([N+](=O)[O-])c1C)S(=O)(=O)c1ccc(OC)c(C)c1. The molecule has 0 unspecified atom stereocenters. The Kier molecular flexibility index (Phi) is 6.24. The maximum Gasteiger partial charge on any atom is 0.326 e. The Balaban J connectivity index is 2.67. The molecule has 0 aliphatic heterocycles. The monoisotopic (exact) mass is 408 g/mol. The molecule has 9 nitrogen and oxygen atoms in total. The van der Waals surface area contributed by atoms with Crippen molar-refractivity contribution in [3.8, 4) is 5.75 Å². The lowest BCUT2D eigenvalue weighted by Gasteiger charge is -2.25. The summed E-state index contributed by atoms with van der Waals surface area (Å²) in [7, 11) is -1.62. The van der Waals surface area contributed by atoms with Gasteiger partial charge in [0.05, 0.1) is 35.3 Å². The van der Waals surface area contributed by atoms with E-state index in [9.17, 15) is 23.3 Å². The highest BCUT2D eigenvalue weighted by Crippen LogP contribution is 2.33. The Morgan fingerprint density at radius 1 is 1.18 bits per heavy atom. The average molecular weight is 408 g/mol. The Bertz CT molecular complexity index is 1020. The van der Waals surface area contributed by atoms with Gasteiger partial charge in [-0.15, -0.1) is 0 Å². The second kappa shape index (κ2) is 8.26. The molecular weight excluding hydrogens is 388 g/mol. The van der Waals surface area contributed by atoms with Crippen LogP contribution in [0, 0.1) is 24.0 Å². The Morgan fingerprint density at radius 3 is 2.39 bits per heavy atom. The zero-order valence-corrected chi connectivity index (χ0v) is 16.6. The predicted molar refractivity (Wildman–Crippen MR) is 102 cm³/mol. The molecule has 2 aromatic carbocycles. The first-order valence-corrected chi connectivity index (χ1v) is 9.55. The number of nitro groups is 1. The zero-order chi connectivity index (χ0) is 21.1. The van der Waals surface area contributed by atoms with Crippen molar-refractivity contribution in [3.63, 3.8) is 0 Å². The quantitative estimate of drug-likeness (QED) is 0.393. The van der Waals surface area contributed by atoms with Crippen LogP contribution in [0.4, 0.5) is 11.4 Å². The van der Waals surface area contributed by atoms with Crippen molar-refractivity contribution in [1.29, 1.82) is 0 Å². The molecule has 0 bridgehead atoms. The van der Waals surface area contributed by atoms with Crippen molar-refractivity contribution in [2.45, 2.75) is 18.7 Å². The van der Waals surface area contributed by atoms with Crippen LogP contribution >= 0.6 is 0 Å². The van der Waals surface area contributed by atoms with E-state index in [0.29, 0.717) is 11.3 Å². The van der Waals surface area contributed by atoms with E-state index in [2.05, 4.69) is 4.74 Å². The normalized spacial score (nSPS) is 11.0. The molecule has 0 aliphatic rings. The van der Waals surface area contributed by atoms with Gasteiger partial charge in [-0.25, -0.2) is 8.42 Å². The zero-order valence-electron chi connectivity index (χ0n) is 15.8. The van der Waals surface area contributed by atoms with Crippen LogP contribution in [-0.2, 0) is 19.6 Å². The second-order valence-corrected chi connectivity index (χ2v) is 7.76. The van der Waals surface area contributed by atoms with Crippen LogP contribution in [0.15, 0.2) is 41.3 Å². The molecule has 0 saturated heterocycles. The van der Waals surface area contributed by atoms with Gasteiger partial charge in [0.2, 0.25) is 0 Å². The van der Waals surface area contributed by atoms with Crippen molar-refractivity contribution in [3.05, 3.63) is 57.6 Å². The Hall–Kier alpha value is -3.14. The van der Waals surface area contributed by atoms with E-state index in [1.807, 2.05) is 0 Å². The minimum Gasteiger partial charge on any atom is -0.496 e. The smallest absolute Gasteiger partial charge is 0.326 e. The van der Waals surface area contributed by atoms with Gasteiger partial charge in [-0.05, 0) is 43.7 Å². The summed E-state index contributed by atoms with van der Waals surface area (Å²) in [4.78, 5) is 22.4. The highest BCUT2D eigenvalue weighted by Gasteiger charge is 2.31. The molecule has 0 spiro atoms. The largest absolute Gasteiger partial charge is 0.496 e. The summed E-state index contributed by atoms with van der Waals surface area (Å²) in [5.74, 6) is -0.301. The summed E-state index contributed by atoms with van der Waals surface area (Å²) in [5, 5.41) is 11.2. The summed E-state index contributed by atoms with van der Waals surface area (Å²) in [6, 6.07) is 8.28. The van der Waals surface area contributed by atoms with Crippen molar-refractivity contribution < 1.29 is 27.6 Å². The number of methoxy groups -OCH3 is 2. The number of anilines is 1. The molecule has 0 N–H and O–H groups in total. The van der Waals surface area contributed by atoms with Crippen LogP contribution < -0.4 is 9.04 Å². The molecule has 0 fully saturated rings. The summed E-state index contributed by atoms with van der Waals surface area (Å²) in [6.45, 7) is 2.47. The number of nitrogens with zero attached hydrogens (tertiary/aromatic N) is 2. The highest BCUT2D eigenvalue weighted by atomic mass is 32.2. The van der Waals surface area contributed by atoms with Gasteiger partial charge >= 0.3 is 5.97 Å². The van der Waals surface area contributed by atoms with Gasteiger partial charge in [-0.2, -0.15) is 0 Å². The lowest BCUT2D eigenvalue weighted by Crippen LogP contribution is -2.37. The fraction of sp³-hybridized carbons (Fsp3) is 0.278. The van der Waals surface area contributed by atoms with Crippen LogP contribution in [0.2, 0.25) is 0 Å². The lowest BCUT2D eigenvalue weighted by atomic mass is 10.1. The molecule has 0 saturated carbocycles. The Labute approximate surface area is 162 Å². The fourth-order valence-corrected chi connectivity index (χ4v) is 4.25. The van der Waals surface area contributed by atoms with Crippen LogP contribution in [0.5, 0.6) is 5.75 Å². The molecule has 0 amide bonds. The minimum atomic E-state index is -4.22. The number of nitro benzene ring substituents is 1. The first-order chi connectivity index (χ1) is 13.1. The molecule has 0 heterocycles. The van der Waals surface area contributed by atoms with Crippen LogP contribution in [0.25, 0.3) is 0 Å². The number of esters is 1. The number of ether oxygens (including phenoxy) is 2. The summed E-state index contributed by atoms with van der Waals surface area (Å²) >= 11 is 0. The van der Waals surface area contributed by atoms with Crippen molar-refractivity contribution in [2.75, 3.05) is 25.1 Å². The lowest BCUT2D eigenvalue weighted by molar-refractivity contribution is -0.385. The summed E-state index contributed by atoms with van der Waals surface area (Å²) in [6.07, 6.45) is 0. The third kappa shape index (κ3) is 4.06. The van der Waals surface area contributed by atoms with E-state index >= 15 is 0 Å². The van der Waals surface area contributed by atoms with Gasteiger partial charge < -0.3 is 9.47 Å². The molecule has 0 aromatic heterocycles. The van der Waals surface area contributed by atoms with Gasteiger partial charge in [0.15, 0.2) is 0 Å². The molecule has 150 valence electrons. The van der Waals surface area contributed by atoms with Crippen molar-refractivity contribution >= 4 is 27.4 Å². The molecule has 10 heteroatoms. The van der Waals surface area contributed by atoms with E-state index < -0.39 is 27.5 Å². The van der Waals surface area contributed by atoms with E-state index in [0.717, 1.165) is 11.4 Å². The number of sulfonamides is 1. The molecular formula is C18H20N2O7S. The molecule has 2 aromatic rings. The number of hydrogen-bond donors (Lipinski definition) is 0. The topological polar surface area (TPSA) is 116 Å². The van der Waals surface area contributed by atoms with Gasteiger partial charge in [-0.3, -0.25) is 19.2 Å². The number of hydrogen-bond acceptors (Lipinski definition) is 7. The molecule has 0 radical (unpaired) electrons. The van der Waals surface area contributed by atoms with Crippen LogP contribution in [0.1, 0.15) is 11.1 Å². The number of carbonyl (C=O) groups is 1. The average Bonchev–Trinajstić information content (AvgIpc) is 2.65. The fourth-order valence-electron chi connectivity index (χ4n) is 2.70. The number of aryl methyl sites for hydroxylation is 1. The van der Waals surface area contributed by atoms with E-state index in [-0.39, 0.29) is 21.8 Å². The van der Waals surface area contributed by atoms with Crippen LogP contribution in [-0.4, -0.2) is 40.1 Å². The summed E-state index contributed by atoms with van der Waals surface area (Å²) in [5.41, 5.74) is 0.462. The highest BCUT2D eigenvalue weighted by molar-refractivity contribution is 7.92. The third-order valence-corrected chi connectivity index (χ3v) is 5.95. The molecule has 0 atom stereocenters. The van der Waals surface area contributed by atoms with Crippen LogP contribution in [0.3, 0.4) is 0 Å². The molecule has 2 rings (SSSR count). The maximum absolute atomic E-state index is 13.3. The first kappa shape index (κ1) is 21.2. The second-order valence-electron chi connectivity index (χ2n) is 5.90. The summed E-state index contributed by atoms with van der Waals surface area (Å²) < 4.78 is 37.1. The van der Waals surface area contributed by atoms with Gasteiger partial charge in [0, 0.05) is 6.07 Å². The minimum absolute atomic E-state index is 0.0214. The van der Waals surface area contributed by atoms with Gasteiger partial charge in [0.1, 0.15) is 12.3 Å². The molecule has 0 aliphatic carbocycles. The van der Waals surface area contributed by atoms with Crippen molar-refractivity contribution in [2.24, 2.45) is 0 Å². The molecule has 28 heavy (non-hydrogen) atoms. The predicted octanol–water partition coefficient (Wildman–Crippen LogP) is 2.59. The van der Waals surface area contributed by atoms with Crippen molar-refractivity contribution in [1.82, 2.24) is 0 Å². The maximum atomic E-state index is 13.3. The van der Waals surface area contributed by atoms with E-state index in [4.69, 9.17) is 4.74 Å². The van der Waals surface area contributed by atoms with Gasteiger partial charge in [-0.1, -0.05) is 6.07 Å². The number of rotatable bonds is 7. The number of carbonyl (C=O) groups excluding carboxylic acids is 1. The standard InChI is InChI=1S/C18H20N2O7S/c1-12-10-14(8-9-17(12)26-3)28(24,25)19(11-18(21)27-4)15-6-5-7-16(13(15)2)20(22)23/h5-10H,11H2,1-4H3. The third-order valence-electron chi connectivity index (χ3n) is 4.20. The first-order valence-electron chi connectivity index (χ1n) is 8.11. The van der Waals surface area contributed by atoms with E-state index in [1.54, 1.807) is 6.92 Å². The van der Waals surface area contributed by atoms with E-state index in [1.165, 1.54) is 50.4 Å². The number of benzene rings is 2.